The number of amides is 2. The Morgan fingerprint density at radius 2 is 2.04 bits per heavy atom. The van der Waals surface area contributed by atoms with E-state index in [1.54, 1.807) is 16.2 Å². The number of anilines is 1. The lowest BCUT2D eigenvalue weighted by Gasteiger charge is -2.29. The first kappa shape index (κ1) is 17.4. The van der Waals surface area contributed by atoms with E-state index in [-0.39, 0.29) is 30.8 Å². The predicted molar refractivity (Wildman–Crippen MR) is 93.0 cm³/mol. The first-order valence-electron chi connectivity index (χ1n) is 8.75. The summed E-state index contributed by atoms with van der Waals surface area (Å²) >= 11 is 1.56. The summed E-state index contributed by atoms with van der Waals surface area (Å²) in [7, 11) is 0. The maximum absolute atomic E-state index is 12.1. The molecule has 1 atom stereocenters. The van der Waals surface area contributed by atoms with Gasteiger partial charge >= 0.3 is 0 Å². The Hall–Kier alpha value is -1.47. The van der Waals surface area contributed by atoms with Gasteiger partial charge in [-0.05, 0) is 38.0 Å². The van der Waals surface area contributed by atoms with Gasteiger partial charge in [-0.15, -0.1) is 11.3 Å². The summed E-state index contributed by atoms with van der Waals surface area (Å²) < 4.78 is 0. The summed E-state index contributed by atoms with van der Waals surface area (Å²) in [5.74, 6) is 0.519. The van der Waals surface area contributed by atoms with E-state index in [2.05, 4.69) is 17.2 Å². The van der Waals surface area contributed by atoms with E-state index in [0.717, 1.165) is 25.0 Å². The van der Waals surface area contributed by atoms with E-state index in [9.17, 15) is 14.7 Å². The van der Waals surface area contributed by atoms with Crippen LogP contribution < -0.4 is 5.32 Å². The molecule has 2 aliphatic rings. The minimum atomic E-state index is -0.295. The van der Waals surface area contributed by atoms with Gasteiger partial charge in [0.25, 0.3) is 0 Å². The number of hydrogen-bond donors (Lipinski definition) is 2. The monoisotopic (exact) mass is 351 g/mol. The van der Waals surface area contributed by atoms with Crippen LogP contribution in [-0.4, -0.2) is 46.0 Å². The molecule has 0 aromatic carbocycles. The molecule has 1 saturated heterocycles. The first-order valence-corrected chi connectivity index (χ1v) is 9.57. The molecule has 2 heterocycles. The largest absolute Gasteiger partial charge is 0.393 e. The van der Waals surface area contributed by atoms with E-state index < -0.39 is 0 Å². The Kier molecular flexibility index (Phi) is 5.50. The quantitative estimate of drug-likeness (QED) is 0.869. The number of nitrogens with zero attached hydrogens (tertiary/aromatic N) is 2. The lowest BCUT2D eigenvalue weighted by Crippen LogP contribution is -2.40. The summed E-state index contributed by atoms with van der Waals surface area (Å²) in [6.45, 7) is 3.41. The Morgan fingerprint density at radius 3 is 2.79 bits per heavy atom. The molecule has 3 rings (SSSR count). The lowest BCUT2D eigenvalue weighted by molar-refractivity contribution is -0.134. The van der Waals surface area contributed by atoms with Crippen molar-refractivity contribution in [3.8, 4) is 0 Å². The van der Waals surface area contributed by atoms with Gasteiger partial charge in [-0.2, -0.15) is 0 Å². The third-order valence-corrected chi connectivity index (χ3v) is 5.85. The van der Waals surface area contributed by atoms with Crippen LogP contribution in [0.2, 0.25) is 0 Å². The van der Waals surface area contributed by atoms with Crippen LogP contribution in [0.4, 0.5) is 5.13 Å². The van der Waals surface area contributed by atoms with E-state index in [1.165, 1.54) is 4.88 Å². The van der Waals surface area contributed by atoms with Crippen LogP contribution in [0, 0.1) is 5.92 Å². The molecule has 132 valence electrons. The number of rotatable bonds is 4. The minimum absolute atomic E-state index is 0.00990. The van der Waals surface area contributed by atoms with Crippen LogP contribution >= 0.6 is 11.3 Å². The maximum Gasteiger partial charge on any atom is 0.226 e. The highest BCUT2D eigenvalue weighted by Gasteiger charge is 2.23. The highest BCUT2D eigenvalue weighted by molar-refractivity contribution is 7.15. The fourth-order valence-electron chi connectivity index (χ4n) is 3.27. The SMILES string of the molecule is CC1CCc2nc(NC(=O)CCC(=O)N3CCC(O)CC3)sc2C1. The van der Waals surface area contributed by atoms with E-state index in [4.69, 9.17) is 0 Å². The second-order valence-electron chi connectivity index (χ2n) is 6.90. The minimum Gasteiger partial charge on any atom is -0.393 e. The second kappa shape index (κ2) is 7.61. The number of aryl methyl sites for hydroxylation is 1. The van der Waals surface area contributed by atoms with Gasteiger partial charge < -0.3 is 15.3 Å². The van der Waals surface area contributed by atoms with Gasteiger partial charge in [0.1, 0.15) is 0 Å². The average molecular weight is 351 g/mol. The van der Waals surface area contributed by atoms with Crippen molar-refractivity contribution in [1.29, 1.82) is 0 Å². The predicted octanol–water partition coefficient (Wildman–Crippen LogP) is 1.97. The van der Waals surface area contributed by atoms with Crippen molar-refractivity contribution in [1.82, 2.24) is 9.88 Å². The Bertz CT molecular complexity index is 608. The van der Waals surface area contributed by atoms with Crippen molar-refractivity contribution in [3.05, 3.63) is 10.6 Å². The van der Waals surface area contributed by atoms with Gasteiger partial charge in [0.15, 0.2) is 5.13 Å². The number of nitrogens with one attached hydrogen (secondary N) is 1. The molecule has 1 aliphatic carbocycles. The van der Waals surface area contributed by atoms with Crippen LogP contribution in [0.25, 0.3) is 0 Å². The van der Waals surface area contributed by atoms with Gasteiger partial charge in [0, 0.05) is 30.8 Å². The molecule has 1 aliphatic heterocycles. The van der Waals surface area contributed by atoms with Crippen molar-refractivity contribution in [2.45, 2.75) is 58.0 Å². The number of likely N-dealkylation sites (tertiary alicyclic amines) is 1. The molecule has 0 bridgehead atoms. The number of carbonyl (C=O) groups is 2. The molecule has 2 N–H and O–H groups in total. The zero-order valence-electron chi connectivity index (χ0n) is 14.1. The number of aliphatic hydroxyl groups is 1. The molecule has 1 fully saturated rings. The van der Waals surface area contributed by atoms with Gasteiger partial charge in [0.2, 0.25) is 11.8 Å². The van der Waals surface area contributed by atoms with E-state index in [1.807, 2.05) is 0 Å². The zero-order valence-corrected chi connectivity index (χ0v) is 14.9. The molecule has 7 heteroatoms. The molecule has 24 heavy (non-hydrogen) atoms. The highest BCUT2D eigenvalue weighted by Crippen LogP contribution is 2.32. The molecule has 1 aromatic rings. The van der Waals surface area contributed by atoms with Crippen LogP contribution in [0.5, 0.6) is 0 Å². The number of fused-ring (bicyclic) bond motifs is 1. The lowest BCUT2D eigenvalue weighted by atomic mass is 9.93. The maximum atomic E-state index is 12.1. The number of hydrogen-bond acceptors (Lipinski definition) is 5. The third kappa shape index (κ3) is 4.33. The third-order valence-electron chi connectivity index (χ3n) is 4.82. The van der Waals surface area contributed by atoms with Crippen molar-refractivity contribution >= 4 is 28.3 Å². The van der Waals surface area contributed by atoms with Crippen molar-refractivity contribution in [3.63, 3.8) is 0 Å². The Labute approximate surface area is 146 Å². The first-order chi connectivity index (χ1) is 11.5. The molecular weight excluding hydrogens is 326 g/mol. The fraction of sp³-hybridized carbons (Fsp3) is 0.706. The smallest absolute Gasteiger partial charge is 0.226 e. The molecular formula is C17H25N3O3S. The topological polar surface area (TPSA) is 82.5 Å². The van der Waals surface area contributed by atoms with Gasteiger partial charge in [-0.1, -0.05) is 6.92 Å². The van der Waals surface area contributed by atoms with Gasteiger partial charge in [0.05, 0.1) is 11.8 Å². The highest BCUT2D eigenvalue weighted by atomic mass is 32.1. The molecule has 6 nitrogen and oxygen atoms in total. The van der Waals surface area contributed by atoms with E-state index in [0.29, 0.717) is 37.0 Å². The average Bonchev–Trinajstić information content (AvgIpc) is 2.94. The number of aliphatic hydroxyl groups excluding tert-OH is 1. The summed E-state index contributed by atoms with van der Waals surface area (Å²) in [5.41, 5.74) is 1.12. The molecule has 0 spiro atoms. The number of carbonyl (C=O) groups excluding carboxylic acids is 2. The second-order valence-corrected chi connectivity index (χ2v) is 7.98. The van der Waals surface area contributed by atoms with Crippen LogP contribution in [0.3, 0.4) is 0 Å². The summed E-state index contributed by atoms with van der Waals surface area (Å²) in [6, 6.07) is 0. The molecule has 1 aromatic heterocycles. The number of thiazole rings is 1. The van der Waals surface area contributed by atoms with Crippen molar-refractivity contribution in [2.75, 3.05) is 18.4 Å². The number of aromatic nitrogens is 1. The van der Waals surface area contributed by atoms with Crippen LogP contribution in [-0.2, 0) is 22.4 Å². The van der Waals surface area contributed by atoms with Gasteiger partial charge in [-0.25, -0.2) is 4.98 Å². The van der Waals surface area contributed by atoms with E-state index >= 15 is 0 Å². The summed E-state index contributed by atoms with van der Waals surface area (Å²) in [4.78, 5) is 31.7. The fourth-order valence-corrected chi connectivity index (χ4v) is 4.46. The molecule has 2 amide bonds. The molecule has 0 radical (unpaired) electrons. The zero-order chi connectivity index (χ0) is 17.1. The summed E-state index contributed by atoms with van der Waals surface area (Å²) in [6.07, 6.45) is 4.54. The van der Waals surface area contributed by atoms with Gasteiger partial charge in [-0.3, -0.25) is 9.59 Å². The molecule has 1 unspecified atom stereocenters. The van der Waals surface area contributed by atoms with Crippen molar-refractivity contribution < 1.29 is 14.7 Å². The Balaban J connectivity index is 1.45. The van der Waals surface area contributed by atoms with Crippen LogP contribution in [0.15, 0.2) is 0 Å². The normalized spacial score (nSPS) is 21.4. The van der Waals surface area contributed by atoms with Crippen LogP contribution in [0.1, 0.15) is 49.6 Å². The Morgan fingerprint density at radius 1 is 1.29 bits per heavy atom. The number of piperidine rings is 1. The van der Waals surface area contributed by atoms with Crippen molar-refractivity contribution in [2.24, 2.45) is 5.92 Å². The molecule has 0 saturated carbocycles. The summed E-state index contributed by atoms with van der Waals surface area (Å²) in [5, 5.41) is 13.0. The standard InChI is InChI=1S/C17H25N3O3S/c1-11-2-3-13-14(10-11)24-17(18-13)19-15(22)4-5-16(23)20-8-6-12(21)7-9-20/h11-12,21H,2-10H2,1H3,(H,18,19,22).